The zero-order chi connectivity index (χ0) is 11.2. The normalized spacial score (nSPS) is 27.1. The molecule has 1 aromatic heterocycles. The Kier molecular flexibility index (Phi) is 1.99. The summed E-state index contributed by atoms with van der Waals surface area (Å²) in [6.07, 6.45) is 5.31. The van der Waals surface area contributed by atoms with Gasteiger partial charge in [0, 0.05) is 17.9 Å². The minimum atomic E-state index is 0.539. The van der Waals surface area contributed by atoms with Gasteiger partial charge in [-0.25, -0.2) is 9.65 Å². The van der Waals surface area contributed by atoms with Crippen molar-refractivity contribution in [1.82, 2.24) is 14.2 Å². The molecule has 0 amide bonds. The van der Waals surface area contributed by atoms with Gasteiger partial charge in [0.15, 0.2) is 0 Å². The van der Waals surface area contributed by atoms with Crippen LogP contribution in [-0.2, 0) is 0 Å². The number of rotatable bonds is 2. The molecule has 0 saturated carbocycles. The van der Waals surface area contributed by atoms with Gasteiger partial charge >= 0.3 is 0 Å². The van der Waals surface area contributed by atoms with Crippen molar-refractivity contribution in [3.05, 3.63) is 48.5 Å². The van der Waals surface area contributed by atoms with Crippen molar-refractivity contribution in [3.63, 3.8) is 0 Å². The number of fused-ring (bicyclic) bond motifs is 1. The van der Waals surface area contributed by atoms with E-state index in [4.69, 9.17) is 0 Å². The van der Waals surface area contributed by atoms with Gasteiger partial charge in [-0.1, -0.05) is 18.2 Å². The first-order valence-electron chi connectivity index (χ1n) is 5.83. The van der Waals surface area contributed by atoms with E-state index in [0.717, 1.165) is 6.04 Å². The zero-order valence-corrected chi connectivity index (χ0v) is 10.2. The summed E-state index contributed by atoms with van der Waals surface area (Å²) in [5, 5.41) is 0. The van der Waals surface area contributed by atoms with Gasteiger partial charge in [-0.3, -0.25) is 0 Å². The summed E-state index contributed by atoms with van der Waals surface area (Å²) in [4.78, 5) is 4.54. The lowest BCUT2D eigenvalue weighted by Crippen LogP contribution is -2.50. The number of hydrogen-bond donors (Lipinski definition) is 0. The van der Waals surface area contributed by atoms with E-state index < -0.39 is 0 Å². The Labute approximate surface area is 102 Å². The lowest BCUT2D eigenvalue weighted by molar-refractivity contribution is 0.166. The molecule has 17 heavy (non-hydrogen) atoms. The Hall–Kier alpha value is -1.44. The number of benzene rings is 1. The number of para-hydroxylation sites is 1. The fourth-order valence-corrected chi connectivity index (χ4v) is 3.49. The van der Waals surface area contributed by atoms with Crippen LogP contribution in [0.3, 0.4) is 0 Å². The Morgan fingerprint density at radius 1 is 1.24 bits per heavy atom. The fraction of sp³-hybridized carbons (Fsp3) is 0.231. The third-order valence-corrected chi connectivity index (χ3v) is 4.81. The van der Waals surface area contributed by atoms with Crippen molar-refractivity contribution in [2.45, 2.75) is 18.5 Å². The third-order valence-electron chi connectivity index (χ3n) is 3.49. The standard InChI is InChI=1S/C13H12N3P/c1-2-4-10(5-3-1)15-7-12(14-9-15)13-6-11-8-17-16(11)13/h1-5,7-9,11,13H,6H2. The van der Waals surface area contributed by atoms with Crippen LogP contribution in [0.2, 0.25) is 0 Å². The van der Waals surface area contributed by atoms with E-state index in [1.54, 1.807) is 0 Å². The highest BCUT2D eigenvalue weighted by atomic mass is 31.1. The molecule has 3 nitrogen and oxygen atoms in total. The second-order valence-corrected chi connectivity index (χ2v) is 5.50. The van der Waals surface area contributed by atoms with Gasteiger partial charge in [0.05, 0.1) is 18.1 Å². The van der Waals surface area contributed by atoms with E-state index in [-0.39, 0.29) is 0 Å². The molecule has 2 aliphatic rings. The van der Waals surface area contributed by atoms with Gasteiger partial charge in [-0.15, -0.1) is 0 Å². The molecule has 0 radical (unpaired) electrons. The maximum Gasteiger partial charge on any atom is 0.0995 e. The molecule has 3 heterocycles. The van der Waals surface area contributed by atoms with E-state index in [0.29, 0.717) is 6.04 Å². The molecule has 4 heteroatoms. The van der Waals surface area contributed by atoms with Crippen molar-refractivity contribution < 1.29 is 0 Å². The van der Waals surface area contributed by atoms with Crippen LogP contribution in [0.15, 0.2) is 42.9 Å². The average molecular weight is 241 g/mol. The molecule has 2 aliphatic heterocycles. The minimum absolute atomic E-state index is 0.539. The van der Waals surface area contributed by atoms with Gasteiger partial charge in [0.2, 0.25) is 0 Å². The molecule has 1 saturated heterocycles. The molecule has 84 valence electrons. The van der Waals surface area contributed by atoms with Crippen LogP contribution in [0, 0.1) is 0 Å². The molecular formula is C13H12N3P. The molecule has 4 rings (SSSR count). The average Bonchev–Trinajstić information content (AvgIpc) is 2.83. The molecular weight excluding hydrogens is 229 g/mol. The first kappa shape index (κ1) is 9.58. The van der Waals surface area contributed by atoms with Crippen LogP contribution < -0.4 is 0 Å². The Morgan fingerprint density at radius 3 is 2.76 bits per heavy atom. The molecule has 1 aromatic carbocycles. The number of hydrogen-bond acceptors (Lipinski definition) is 2. The first-order valence-corrected chi connectivity index (χ1v) is 6.75. The Bertz CT molecular complexity index is 575. The molecule has 2 unspecified atom stereocenters. The van der Waals surface area contributed by atoms with E-state index >= 15 is 0 Å². The minimum Gasteiger partial charge on any atom is -0.306 e. The van der Waals surface area contributed by atoms with Crippen molar-refractivity contribution >= 4 is 14.2 Å². The lowest BCUT2D eigenvalue weighted by Gasteiger charge is -2.49. The van der Waals surface area contributed by atoms with E-state index in [1.807, 2.05) is 12.4 Å². The number of nitrogens with zero attached hydrogens (tertiary/aromatic N) is 3. The first-order chi connectivity index (χ1) is 8.42. The second kappa shape index (κ2) is 3.52. The van der Waals surface area contributed by atoms with Gasteiger partial charge in [0.25, 0.3) is 0 Å². The highest BCUT2D eigenvalue weighted by Gasteiger charge is 2.43. The molecule has 0 N–H and O–H groups in total. The summed E-state index contributed by atoms with van der Waals surface area (Å²) in [6.45, 7) is 0. The second-order valence-electron chi connectivity index (χ2n) is 4.50. The summed E-state index contributed by atoms with van der Waals surface area (Å²) < 4.78 is 4.57. The fourth-order valence-electron chi connectivity index (χ4n) is 2.42. The van der Waals surface area contributed by atoms with Crippen LogP contribution in [0.5, 0.6) is 0 Å². The Morgan fingerprint density at radius 2 is 2.12 bits per heavy atom. The van der Waals surface area contributed by atoms with Crippen molar-refractivity contribution in [3.8, 4) is 5.69 Å². The predicted molar refractivity (Wildman–Crippen MR) is 69.5 cm³/mol. The van der Waals surface area contributed by atoms with Crippen molar-refractivity contribution in [1.29, 1.82) is 0 Å². The highest BCUT2D eigenvalue weighted by Crippen LogP contribution is 2.48. The molecule has 1 fully saturated rings. The highest BCUT2D eigenvalue weighted by molar-refractivity contribution is 7.38. The van der Waals surface area contributed by atoms with Crippen molar-refractivity contribution in [2.75, 3.05) is 0 Å². The van der Waals surface area contributed by atoms with Crippen LogP contribution in [0.25, 0.3) is 5.69 Å². The summed E-state index contributed by atoms with van der Waals surface area (Å²) in [5.74, 6) is 2.35. The van der Waals surface area contributed by atoms with Crippen LogP contribution >= 0.6 is 8.35 Å². The molecule has 0 aliphatic carbocycles. The third kappa shape index (κ3) is 1.40. The molecule has 2 atom stereocenters. The Balaban J connectivity index is 1.63. The maximum absolute atomic E-state index is 4.54. The number of imidazole rings is 1. The molecule has 0 spiro atoms. The van der Waals surface area contributed by atoms with Gasteiger partial charge in [0.1, 0.15) is 0 Å². The largest absolute Gasteiger partial charge is 0.306 e. The van der Waals surface area contributed by atoms with Crippen LogP contribution in [-0.4, -0.2) is 26.1 Å². The van der Waals surface area contributed by atoms with E-state index in [9.17, 15) is 0 Å². The smallest absolute Gasteiger partial charge is 0.0995 e. The molecule has 2 aromatic rings. The molecule has 0 bridgehead atoms. The monoisotopic (exact) mass is 241 g/mol. The van der Waals surface area contributed by atoms with E-state index in [2.05, 4.69) is 50.5 Å². The summed E-state index contributed by atoms with van der Waals surface area (Å²) in [6, 6.07) is 11.6. The van der Waals surface area contributed by atoms with Crippen molar-refractivity contribution in [2.24, 2.45) is 0 Å². The van der Waals surface area contributed by atoms with Gasteiger partial charge < -0.3 is 4.57 Å². The quantitative estimate of drug-likeness (QED) is 0.754. The van der Waals surface area contributed by atoms with Crippen LogP contribution in [0.1, 0.15) is 18.2 Å². The van der Waals surface area contributed by atoms with Gasteiger partial charge in [-0.2, -0.15) is 0 Å². The predicted octanol–water partition coefficient (Wildman–Crippen LogP) is 2.66. The van der Waals surface area contributed by atoms with E-state index in [1.165, 1.54) is 26.2 Å². The summed E-state index contributed by atoms with van der Waals surface area (Å²) in [7, 11) is 1.36. The van der Waals surface area contributed by atoms with Crippen LogP contribution in [0.4, 0.5) is 0 Å². The topological polar surface area (TPSA) is 21.1 Å². The zero-order valence-electron chi connectivity index (χ0n) is 9.27. The summed E-state index contributed by atoms with van der Waals surface area (Å²) >= 11 is 0. The maximum atomic E-state index is 4.54. The SMILES string of the molecule is C1=PN2C1CC2c1cn(-c2ccccc2)cn1. The summed E-state index contributed by atoms with van der Waals surface area (Å²) in [5.41, 5.74) is 2.38. The lowest BCUT2D eigenvalue weighted by atomic mass is 9.96. The van der Waals surface area contributed by atoms with Gasteiger partial charge in [-0.05, 0) is 32.7 Å². The number of aromatic nitrogens is 2.